The first-order chi connectivity index (χ1) is 11.5. The number of carbonyl (C=O) groups excluding carboxylic acids is 3. The number of ether oxygens (including phenoxy) is 1. The zero-order valence-electron chi connectivity index (χ0n) is 13.4. The number of ketones is 1. The lowest BCUT2D eigenvalue weighted by Gasteiger charge is -2.26. The Balaban J connectivity index is 2.02. The van der Waals surface area contributed by atoms with E-state index >= 15 is 0 Å². The van der Waals surface area contributed by atoms with E-state index < -0.39 is 0 Å². The number of benzene rings is 1. The Morgan fingerprint density at radius 3 is 2.67 bits per heavy atom. The number of carbonyl (C=O) groups is 3. The first-order valence-electron chi connectivity index (χ1n) is 7.55. The highest BCUT2D eigenvalue weighted by Crippen LogP contribution is 2.28. The van der Waals surface area contributed by atoms with Gasteiger partial charge in [0.25, 0.3) is 5.91 Å². The average molecular weight is 327 g/mol. The Labute approximate surface area is 138 Å². The summed E-state index contributed by atoms with van der Waals surface area (Å²) in [6.07, 6.45) is 1.63. The van der Waals surface area contributed by atoms with E-state index in [2.05, 4.69) is 10.3 Å². The minimum atomic E-state index is -0.353. The summed E-state index contributed by atoms with van der Waals surface area (Å²) in [6.45, 7) is 1.83. The number of Topliss-reactive ketones (excluding diaryl/α,β-unsaturated/α-hetero) is 1. The van der Waals surface area contributed by atoms with Crippen LogP contribution in [0.1, 0.15) is 40.2 Å². The third-order valence-corrected chi connectivity index (χ3v) is 4.07. The van der Waals surface area contributed by atoms with Crippen molar-refractivity contribution in [2.75, 3.05) is 13.7 Å². The number of hydrogen-bond donors (Lipinski definition) is 1. The third-order valence-electron chi connectivity index (χ3n) is 4.07. The monoisotopic (exact) mass is 327 g/mol. The Kier molecular flexibility index (Phi) is 4.16. The summed E-state index contributed by atoms with van der Waals surface area (Å²) in [6, 6.07) is 6.74. The van der Waals surface area contributed by atoms with E-state index in [1.807, 2.05) is 0 Å². The second-order valence-corrected chi connectivity index (χ2v) is 5.61. The molecule has 1 N–H and O–H groups in total. The standard InChI is InChI=1S/C17H17N3O4/c1-10(21)11-3-5-12(6-4-11)16-18-9-14-17(23)19-8-13(20(14)16)7-15(22)24-2/h3-6,9,13H,7-8H2,1-2H3,(H,19,23). The predicted molar refractivity (Wildman–Crippen MR) is 85.7 cm³/mol. The molecule has 124 valence electrons. The third kappa shape index (κ3) is 2.80. The summed E-state index contributed by atoms with van der Waals surface area (Å²) in [4.78, 5) is 39.4. The summed E-state index contributed by atoms with van der Waals surface area (Å²) in [5.41, 5.74) is 1.78. The fourth-order valence-corrected chi connectivity index (χ4v) is 2.80. The first-order valence-corrected chi connectivity index (χ1v) is 7.55. The van der Waals surface area contributed by atoms with Crippen LogP contribution < -0.4 is 5.32 Å². The summed E-state index contributed by atoms with van der Waals surface area (Å²) in [7, 11) is 1.33. The van der Waals surface area contributed by atoms with E-state index in [1.165, 1.54) is 20.2 Å². The molecule has 1 aliphatic rings. The predicted octanol–water partition coefficient (Wildman–Crippen LogP) is 1.60. The highest BCUT2D eigenvalue weighted by molar-refractivity contribution is 5.95. The second kappa shape index (κ2) is 6.27. The number of nitrogens with zero attached hydrogens (tertiary/aromatic N) is 2. The second-order valence-electron chi connectivity index (χ2n) is 5.61. The molecular formula is C17H17N3O4. The van der Waals surface area contributed by atoms with Crippen LogP contribution in [0.2, 0.25) is 0 Å². The van der Waals surface area contributed by atoms with Crippen molar-refractivity contribution in [2.45, 2.75) is 19.4 Å². The molecule has 0 radical (unpaired) electrons. The Hall–Kier alpha value is -2.96. The molecule has 1 aliphatic heterocycles. The molecule has 0 aliphatic carbocycles. The number of imidazole rings is 1. The summed E-state index contributed by atoms with van der Waals surface area (Å²) < 4.78 is 6.50. The highest BCUT2D eigenvalue weighted by atomic mass is 16.5. The van der Waals surface area contributed by atoms with Crippen molar-refractivity contribution in [1.29, 1.82) is 0 Å². The number of hydrogen-bond acceptors (Lipinski definition) is 5. The highest BCUT2D eigenvalue weighted by Gasteiger charge is 2.30. The molecule has 1 amide bonds. The number of fused-ring (bicyclic) bond motifs is 1. The molecule has 0 saturated heterocycles. The van der Waals surface area contributed by atoms with Gasteiger partial charge in [-0.05, 0) is 6.92 Å². The quantitative estimate of drug-likeness (QED) is 0.680. The van der Waals surface area contributed by atoms with Crippen molar-refractivity contribution < 1.29 is 19.1 Å². The number of esters is 1. The van der Waals surface area contributed by atoms with Gasteiger partial charge < -0.3 is 14.6 Å². The van der Waals surface area contributed by atoms with Gasteiger partial charge in [0, 0.05) is 17.7 Å². The van der Waals surface area contributed by atoms with Gasteiger partial charge in [-0.25, -0.2) is 4.98 Å². The van der Waals surface area contributed by atoms with Crippen LogP contribution in [0.5, 0.6) is 0 Å². The molecule has 3 rings (SSSR count). The minimum Gasteiger partial charge on any atom is -0.469 e. The maximum absolute atomic E-state index is 12.0. The number of amides is 1. The van der Waals surface area contributed by atoms with Crippen molar-refractivity contribution in [2.24, 2.45) is 0 Å². The van der Waals surface area contributed by atoms with Gasteiger partial charge in [0.2, 0.25) is 0 Å². The van der Waals surface area contributed by atoms with Gasteiger partial charge in [-0.3, -0.25) is 14.4 Å². The lowest BCUT2D eigenvalue weighted by Crippen LogP contribution is -2.39. The van der Waals surface area contributed by atoms with Crippen LogP contribution in [0.25, 0.3) is 11.4 Å². The maximum Gasteiger partial charge on any atom is 0.307 e. The molecular weight excluding hydrogens is 310 g/mol. The van der Waals surface area contributed by atoms with Crippen molar-refractivity contribution >= 4 is 17.7 Å². The van der Waals surface area contributed by atoms with Crippen molar-refractivity contribution in [1.82, 2.24) is 14.9 Å². The smallest absolute Gasteiger partial charge is 0.307 e. The lowest BCUT2D eigenvalue weighted by atomic mass is 10.1. The van der Waals surface area contributed by atoms with Crippen LogP contribution in [0.3, 0.4) is 0 Å². The molecule has 7 nitrogen and oxygen atoms in total. The van der Waals surface area contributed by atoms with Crippen LogP contribution >= 0.6 is 0 Å². The normalized spacial score (nSPS) is 16.2. The molecule has 7 heteroatoms. The molecule has 2 aromatic rings. The van der Waals surface area contributed by atoms with Crippen molar-refractivity contribution in [3.05, 3.63) is 41.7 Å². The Bertz CT molecular complexity index is 808. The van der Waals surface area contributed by atoms with E-state index in [4.69, 9.17) is 4.74 Å². The molecule has 0 spiro atoms. The van der Waals surface area contributed by atoms with Crippen LogP contribution in [-0.4, -0.2) is 40.9 Å². The topological polar surface area (TPSA) is 90.3 Å². The molecule has 1 unspecified atom stereocenters. The Morgan fingerprint density at radius 1 is 1.33 bits per heavy atom. The molecule has 1 aromatic carbocycles. The number of nitrogens with one attached hydrogen (secondary N) is 1. The molecule has 24 heavy (non-hydrogen) atoms. The van der Waals surface area contributed by atoms with Crippen LogP contribution in [0, 0.1) is 0 Å². The SMILES string of the molecule is COC(=O)CC1CNC(=O)c2cnc(-c3ccc(C(C)=O)cc3)n21. The molecule has 0 bridgehead atoms. The Morgan fingerprint density at radius 2 is 2.04 bits per heavy atom. The molecule has 1 atom stereocenters. The molecule has 1 aromatic heterocycles. The van der Waals surface area contributed by atoms with Gasteiger partial charge in [-0.15, -0.1) is 0 Å². The molecule has 2 heterocycles. The number of rotatable bonds is 4. The van der Waals surface area contributed by atoms with Gasteiger partial charge in [0.1, 0.15) is 11.5 Å². The van der Waals surface area contributed by atoms with Gasteiger partial charge in [0.15, 0.2) is 5.78 Å². The summed E-state index contributed by atoms with van der Waals surface area (Å²) >= 11 is 0. The van der Waals surface area contributed by atoms with Gasteiger partial charge in [-0.2, -0.15) is 0 Å². The lowest BCUT2D eigenvalue weighted by molar-refractivity contribution is -0.141. The average Bonchev–Trinajstić information content (AvgIpc) is 3.03. The van der Waals surface area contributed by atoms with Crippen LogP contribution in [0.4, 0.5) is 0 Å². The maximum atomic E-state index is 12.0. The van der Waals surface area contributed by atoms with E-state index in [-0.39, 0.29) is 30.1 Å². The van der Waals surface area contributed by atoms with E-state index in [0.29, 0.717) is 23.6 Å². The van der Waals surface area contributed by atoms with E-state index in [9.17, 15) is 14.4 Å². The fraction of sp³-hybridized carbons (Fsp3) is 0.294. The zero-order chi connectivity index (χ0) is 17.3. The van der Waals surface area contributed by atoms with Crippen molar-refractivity contribution in [3.63, 3.8) is 0 Å². The van der Waals surface area contributed by atoms with Gasteiger partial charge in [-0.1, -0.05) is 24.3 Å². The minimum absolute atomic E-state index is 0.0188. The first kappa shape index (κ1) is 15.9. The zero-order valence-corrected chi connectivity index (χ0v) is 13.4. The van der Waals surface area contributed by atoms with E-state index in [1.54, 1.807) is 28.8 Å². The fourth-order valence-electron chi connectivity index (χ4n) is 2.80. The molecule has 0 saturated carbocycles. The van der Waals surface area contributed by atoms with Crippen LogP contribution in [0.15, 0.2) is 30.5 Å². The molecule has 0 fully saturated rings. The van der Waals surface area contributed by atoms with Crippen LogP contribution in [-0.2, 0) is 9.53 Å². The summed E-state index contributed by atoms with van der Waals surface area (Å²) in [5, 5.41) is 2.75. The number of methoxy groups -OCH3 is 1. The van der Waals surface area contributed by atoms with Gasteiger partial charge >= 0.3 is 5.97 Å². The van der Waals surface area contributed by atoms with E-state index in [0.717, 1.165) is 5.56 Å². The largest absolute Gasteiger partial charge is 0.469 e. The van der Waals surface area contributed by atoms with Gasteiger partial charge in [0.05, 0.1) is 25.8 Å². The number of aromatic nitrogens is 2. The van der Waals surface area contributed by atoms with Crippen molar-refractivity contribution in [3.8, 4) is 11.4 Å². The summed E-state index contributed by atoms with van der Waals surface area (Å²) in [5.74, 6) is -0.0117.